The summed E-state index contributed by atoms with van der Waals surface area (Å²) in [6, 6.07) is 3.54. The van der Waals surface area contributed by atoms with Crippen molar-refractivity contribution in [3.63, 3.8) is 0 Å². The molecule has 0 aliphatic rings. The number of unbranched alkanes of at least 4 members (excludes halogenated alkanes) is 3. The monoisotopic (exact) mass is 313 g/mol. The standard InChI is InChI=1S/C14H20BrNO2/c1-3-4-5-6-7-18-14(17)12-8-11(15)9-13(16)10(12)2/h8-9H,3-7,16H2,1-2H3. The molecule has 0 unspecified atom stereocenters. The lowest BCUT2D eigenvalue weighted by Gasteiger charge is -2.09. The summed E-state index contributed by atoms with van der Waals surface area (Å²) in [5, 5.41) is 0. The summed E-state index contributed by atoms with van der Waals surface area (Å²) in [7, 11) is 0. The van der Waals surface area contributed by atoms with Crippen LogP contribution in [0, 0.1) is 6.92 Å². The first kappa shape index (κ1) is 15.0. The molecule has 0 aromatic heterocycles. The Morgan fingerprint density at radius 1 is 1.33 bits per heavy atom. The molecule has 0 fully saturated rings. The van der Waals surface area contributed by atoms with E-state index in [0.29, 0.717) is 17.9 Å². The lowest BCUT2D eigenvalue weighted by Crippen LogP contribution is -2.09. The molecule has 0 atom stereocenters. The van der Waals surface area contributed by atoms with Crippen LogP contribution in [0.15, 0.2) is 16.6 Å². The molecule has 1 rings (SSSR count). The van der Waals surface area contributed by atoms with E-state index in [-0.39, 0.29) is 5.97 Å². The van der Waals surface area contributed by atoms with Gasteiger partial charge in [0.15, 0.2) is 0 Å². The van der Waals surface area contributed by atoms with Crippen molar-refractivity contribution < 1.29 is 9.53 Å². The van der Waals surface area contributed by atoms with E-state index >= 15 is 0 Å². The number of hydrogen-bond acceptors (Lipinski definition) is 3. The summed E-state index contributed by atoms with van der Waals surface area (Å²) in [6.45, 7) is 4.46. The Kier molecular flexibility index (Phi) is 6.19. The molecule has 3 nitrogen and oxygen atoms in total. The molecule has 4 heteroatoms. The second-order valence-electron chi connectivity index (χ2n) is 4.36. The third-order valence-corrected chi connectivity index (χ3v) is 3.32. The highest BCUT2D eigenvalue weighted by Crippen LogP contribution is 2.23. The summed E-state index contributed by atoms with van der Waals surface area (Å²) in [6.07, 6.45) is 4.38. The zero-order valence-corrected chi connectivity index (χ0v) is 12.5. The average Bonchev–Trinajstić information content (AvgIpc) is 2.33. The molecule has 1 aromatic rings. The van der Waals surface area contributed by atoms with E-state index in [9.17, 15) is 4.79 Å². The van der Waals surface area contributed by atoms with Crippen molar-refractivity contribution in [1.29, 1.82) is 0 Å². The van der Waals surface area contributed by atoms with Gasteiger partial charge in [0.1, 0.15) is 0 Å². The fourth-order valence-corrected chi connectivity index (χ4v) is 2.16. The molecule has 0 spiro atoms. The molecular weight excluding hydrogens is 294 g/mol. The molecule has 0 aliphatic carbocycles. The number of hydrogen-bond donors (Lipinski definition) is 1. The van der Waals surface area contributed by atoms with Gasteiger partial charge in [-0.15, -0.1) is 0 Å². The van der Waals surface area contributed by atoms with E-state index in [1.807, 2.05) is 6.92 Å². The van der Waals surface area contributed by atoms with Crippen molar-refractivity contribution in [1.82, 2.24) is 0 Å². The van der Waals surface area contributed by atoms with Crippen LogP contribution in [-0.2, 0) is 4.74 Å². The fourth-order valence-electron chi connectivity index (χ4n) is 1.68. The Hall–Kier alpha value is -1.03. The van der Waals surface area contributed by atoms with Crippen molar-refractivity contribution in [3.8, 4) is 0 Å². The van der Waals surface area contributed by atoms with Gasteiger partial charge in [0, 0.05) is 10.2 Å². The molecule has 2 N–H and O–H groups in total. The predicted molar refractivity (Wildman–Crippen MR) is 77.7 cm³/mol. The van der Waals surface area contributed by atoms with Gasteiger partial charge in [-0.2, -0.15) is 0 Å². The molecule has 1 aromatic carbocycles. The van der Waals surface area contributed by atoms with Crippen LogP contribution in [0.3, 0.4) is 0 Å². The van der Waals surface area contributed by atoms with Gasteiger partial charge in [0.05, 0.1) is 12.2 Å². The summed E-state index contributed by atoms with van der Waals surface area (Å²) >= 11 is 3.33. The van der Waals surface area contributed by atoms with Crippen molar-refractivity contribution in [2.24, 2.45) is 0 Å². The number of anilines is 1. The van der Waals surface area contributed by atoms with Gasteiger partial charge in [0.2, 0.25) is 0 Å². The molecule has 0 heterocycles. The number of nitrogen functional groups attached to an aromatic ring is 1. The first-order valence-electron chi connectivity index (χ1n) is 6.29. The van der Waals surface area contributed by atoms with Crippen LogP contribution in [0.25, 0.3) is 0 Å². The van der Waals surface area contributed by atoms with Crippen LogP contribution in [0.5, 0.6) is 0 Å². The molecule has 100 valence electrons. The van der Waals surface area contributed by atoms with E-state index in [2.05, 4.69) is 22.9 Å². The van der Waals surface area contributed by atoms with Crippen LogP contribution in [0.2, 0.25) is 0 Å². The Labute approximate surface area is 117 Å². The smallest absolute Gasteiger partial charge is 0.338 e. The zero-order valence-electron chi connectivity index (χ0n) is 11.0. The average molecular weight is 314 g/mol. The van der Waals surface area contributed by atoms with Gasteiger partial charge in [-0.1, -0.05) is 42.1 Å². The number of nitrogens with two attached hydrogens (primary N) is 1. The molecular formula is C14H20BrNO2. The highest BCUT2D eigenvalue weighted by atomic mass is 79.9. The molecule has 0 bridgehead atoms. The van der Waals surface area contributed by atoms with E-state index < -0.39 is 0 Å². The van der Waals surface area contributed by atoms with E-state index in [4.69, 9.17) is 10.5 Å². The normalized spacial score (nSPS) is 10.4. The van der Waals surface area contributed by atoms with Gasteiger partial charge in [0.25, 0.3) is 0 Å². The molecule has 0 amide bonds. The number of halogens is 1. The molecule has 0 saturated heterocycles. The van der Waals surface area contributed by atoms with E-state index in [1.54, 1.807) is 12.1 Å². The summed E-state index contributed by atoms with van der Waals surface area (Å²) in [5.74, 6) is -0.294. The minimum atomic E-state index is -0.294. The third kappa shape index (κ3) is 4.33. The Morgan fingerprint density at radius 3 is 2.72 bits per heavy atom. The number of ether oxygens (including phenoxy) is 1. The van der Waals surface area contributed by atoms with Gasteiger partial charge in [-0.05, 0) is 31.0 Å². The van der Waals surface area contributed by atoms with Crippen molar-refractivity contribution in [2.75, 3.05) is 12.3 Å². The van der Waals surface area contributed by atoms with Crippen molar-refractivity contribution >= 4 is 27.6 Å². The Bertz CT molecular complexity index is 419. The van der Waals surface area contributed by atoms with Gasteiger partial charge >= 0.3 is 5.97 Å². The molecule has 0 radical (unpaired) electrons. The molecule has 0 aliphatic heterocycles. The first-order chi connectivity index (χ1) is 8.56. The van der Waals surface area contributed by atoms with Crippen molar-refractivity contribution in [3.05, 3.63) is 27.7 Å². The zero-order chi connectivity index (χ0) is 13.5. The largest absolute Gasteiger partial charge is 0.462 e. The second kappa shape index (κ2) is 7.41. The Morgan fingerprint density at radius 2 is 2.06 bits per heavy atom. The van der Waals surface area contributed by atoms with Gasteiger partial charge in [-0.3, -0.25) is 0 Å². The predicted octanol–water partition coefficient (Wildman–Crippen LogP) is 4.08. The highest BCUT2D eigenvalue weighted by Gasteiger charge is 2.13. The minimum absolute atomic E-state index is 0.294. The van der Waals surface area contributed by atoms with Crippen LogP contribution in [0.1, 0.15) is 48.5 Å². The maximum absolute atomic E-state index is 11.9. The number of benzene rings is 1. The SMILES string of the molecule is CCCCCCOC(=O)c1cc(Br)cc(N)c1C. The number of carbonyl (C=O) groups is 1. The van der Waals surface area contributed by atoms with Crippen molar-refractivity contribution in [2.45, 2.75) is 39.5 Å². The van der Waals surface area contributed by atoms with Crippen LogP contribution < -0.4 is 5.73 Å². The molecule has 18 heavy (non-hydrogen) atoms. The van der Waals surface area contributed by atoms with Crippen LogP contribution >= 0.6 is 15.9 Å². The molecule has 0 saturated carbocycles. The fraction of sp³-hybridized carbons (Fsp3) is 0.500. The number of carbonyl (C=O) groups excluding carboxylic acids is 1. The van der Waals surface area contributed by atoms with Crippen LogP contribution in [0.4, 0.5) is 5.69 Å². The summed E-state index contributed by atoms with van der Waals surface area (Å²) in [5.41, 5.74) is 7.73. The van der Waals surface area contributed by atoms with E-state index in [1.165, 1.54) is 12.8 Å². The summed E-state index contributed by atoms with van der Waals surface area (Å²) in [4.78, 5) is 11.9. The topological polar surface area (TPSA) is 52.3 Å². The summed E-state index contributed by atoms with van der Waals surface area (Å²) < 4.78 is 6.05. The third-order valence-electron chi connectivity index (χ3n) is 2.86. The van der Waals surface area contributed by atoms with Gasteiger partial charge < -0.3 is 10.5 Å². The first-order valence-corrected chi connectivity index (χ1v) is 7.08. The Balaban J connectivity index is 2.56. The van der Waals surface area contributed by atoms with Gasteiger partial charge in [-0.25, -0.2) is 4.79 Å². The quantitative estimate of drug-likeness (QED) is 0.489. The highest BCUT2D eigenvalue weighted by molar-refractivity contribution is 9.10. The minimum Gasteiger partial charge on any atom is -0.462 e. The lowest BCUT2D eigenvalue weighted by atomic mass is 10.1. The van der Waals surface area contributed by atoms with E-state index in [0.717, 1.165) is 22.9 Å². The number of esters is 1. The van der Waals surface area contributed by atoms with Crippen LogP contribution in [-0.4, -0.2) is 12.6 Å². The number of rotatable bonds is 6. The maximum Gasteiger partial charge on any atom is 0.338 e. The lowest BCUT2D eigenvalue weighted by molar-refractivity contribution is 0.0497. The second-order valence-corrected chi connectivity index (χ2v) is 5.28. The maximum atomic E-state index is 11.9.